The summed E-state index contributed by atoms with van der Waals surface area (Å²) in [6.45, 7) is 9.22. The van der Waals surface area contributed by atoms with Gasteiger partial charge in [-0.25, -0.2) is 0 Å². The number of carbonyl (C=O) groups excluding carboxylic acids is 1. The highest BCUT2D eigenvalue weighted by molar-refractivity contribution is 7.80. The molecular formula is C30H33N5OS. The summed E-state index contributed by atoms with van der Waals surface area (Å²) in [6.07, 6.45) is 2.13. The number of nitrogens with one attached hydrogen (secondary N) is 2. The van der Waals surface area contributed by atoms with Crippen LogP contribution in [-0.4, -0.2) is 32.0 Å². The Labute approximate surface area is 223 Å². The predicted molar refractivity (Wildman–Crippen MR) is 154 cm³/mol. The zero-order valence-electron chi connectivity index (χ0n) is 21.7. The van der Waals surface area contributed by atoms with Gasteiger partial charge in [0, 0.05) is 47.7 Å². The van der Waals surface area contributed by atoms with E-state index in [0.29, 0.717) is 24.1 Å². The molecule has 190 valence electrons. The lowest BCUT2D eigenvalue weighted by atomic mass is 9.96. The molecule has 7 heteroatoms. The van der Waals surface area contributed by atoms with Crippen molar-refractivity contribution in [2.45, 2.75) is 52.2 Å². The van der Waals surface area contributed by atoms with E-state index in [4.69, 9.17) is 12.2 Å². The van der Waals surface area contributed by atoms with Crippen molar-refractivity contribution < 1.29 is 4.79 Å². The molecule has 0 radical (unpaired) electrons. The average molecular weight is 512 g/mol. The predicted octanol–water partition coefficient (Wildman–Crippen LogP) is 6.24. The first-order chi connectivity index (χ1) is 17.8. The van der Waals surface area contributed by atoms with E-state index in [9.17, 15) is 4.79 Å². The van der Waals surface area contributed by atoms with E-state index in [0.717, 1.165) is 22.2 Å². The van der Waals surface area contributed by atoms with E-state index < -0.39 is 0 Å². The van der Waals surface area contributed by atoms with Gasteiger partial charge in [0.1, 0.15) is 0 Å². The lowest BCUT2D eigenvalue weighted by Crippen LogP contribution is -2.33. The van der Waals surface area contributed by atoms with E-state index >= 15 is 0 Å². The highest BCUT2D eigenvalue weighted by Crippen LogP contribution is 2.41. The highest BCUT2D eigenvalue weighted by Gasteiger charge is 2.41. The molecule has 0 aliphatic carbocycles. The van der Waals surface area contributed by atoms with Crippen molar-refractivity contribution in [3.63, 3.8) is 0 Å². The number of thiocarbonyl (C=S) groups is 1. The summed E-state index contributed by atoms with van der Waals surface area (Å²) in [5.41, 5.74) is 5.41. The van der Waals surface area contributed by atoms with Gasteiger partial charge in [-0.2, -0.15) is 0 Å². The van der Waals surface area contributed by atoms with Crippen molar-refractivity contribution in [2.75, 3.05) is 11.9 Å². The van der Waals surface area contributed by atoms with Gasteiger partial charge in [-0.3, -0.25) is 9.78 Å². The number of hydrogen-bond donors (Lipinski definition) is 2. The number of aryl methyl sites for hydroxylation is 1. The van der Waals surface area contributed by atoms with Crippen molar-refractivity contribution in [3.05, 3.63) is 95.6 Å². The Kier molecular flexibility index (Phi) is 6.98. The molecule has 1 amide bonds. The maximum atomic E-state index is 13.1. The SMILES string of the molecule is Cc1cc([C@H]2[C@@H](c3ccccn3)NC(=S)N2CCC(=O)Nc2cccc3ccccc23)c(C)n1C(C)C. The minimum Gasteiger partial charge on any atom is -0.352 e. The molecule has 3 heterocycles. The second-order valence-electron chi connectivity index (χ2n) is 9.94. The maximum absolute atomic E-state index is 13.1. The van der Waals surface area contributed by atoms with Crippen LogP contribution in [0.5, 0.6) is 0 Å². The molecule has 2 aromatic heterocycles. The third kappa shape index (κ3) is 4.83. The maximum Gasteiger partial charge on any atom is 0.226 e. The van der Waals surface area contributed by atoms with Gasteiger partial charge in [-0.15, -0.1) is 0 Å². The summed E-state index contributed by atoms with van der Waals surface area (Å²) in [4.78, 5) is 19.9. The molecule has 1 saturated heterocycles. The van der Waals surface area contributed by atoms with Gasteiger partial charge in [0.25, 0.3) is 0 Å². The van der Waals surface area contributed by atoms with Crippen LogP contribution in [-0.2, 0) is 4.79 Å². The Morgan fingerprint density at radius 1 is 1.08 bits per heavy atom. The molecule has 6 nitrogen and oxygen atoms in total. The van der Waals surface area contributed by atoms with Gasteiger partial charge in [-0.05, 0) is 75.1 Å². The number of carbonyl (C=O) groups is 1. The van der Waals surface area contributed by atoms with Crippen molar-refractivity contribution in [2.24, 2.45) is 0 Å². The van der Waals surface area contributed by atoms with E-state index in [1.165, 1.54) is 17.0 Å². The Morgan fingerprint density at radius 3 is 2.57 bits per heavy atom. The number of fused-ring (bicyclic) bond motifs is 1. The second-order valence-corrected chi connectivity index (χ2v) is 10.3. The van der Waals surface area contributed by atoms with Gasteiger partial charge in [0.2, 0.25) is 5.91 Å². The Bertz CT molecular complexity index is 1440. The normalized spacial score (nSPS) is 17.4. The monoisotopic (exact) mass is 511 g/mol. The van der Waals surface area contributed by atoms with Crippen LogP contribution in [0.25, 0.3) is 10.8 Å². The summed E-state index contributed by atoms with van der Waals surface area (Å²) < 4.78 is 2.36. The smallest absolute Gasteiger partial charge is 0.226 e. The minimum absolute atomic E-state index is 0.0353. The molecule has 1 aliphatic rings. The van der Waals surface area contributed by atoms with Gasteiger partial charge >= 0.3 is 0 Å². The van der Waals surface area contributed by atoms with Crippen molar-refractivity contribution >= 4 is 39.7 Å². The molecule has 2 aromatic carbocycles. The zero-order chi connectivity index (χ0) is 26.1. The number of amides is 1. The van der Waals surface area contributed by atoms with Gasteiger partial charge < -0.3 is 20.1 Å². The first-order valence-corrected chi connectivity index (χ1v) is 13.2. The summed E-state index contributed by atoms with van der Waals surface area (Å²) in [5.74, 6) is -0.0353. The van der Waals surface area contributed by atoms with Gasteiger partial charge in [-0.1, -0.05) is 42.5 Å². The lowest BCUT2D eigenvalue weighted by Gasteiger charge is -2.28. The van der Waals surface area contributed by atoms with Crippen molar-refractivity contribution in [1.29, 1.82) is 0 Å². The van der Waals surface area contributed by atoms with Crippen molar-refractivity contribution in [3.8, 4) is 0 Å². The molecule has 0 bridgehead atoms. The number of rotatable bonds is 7. The Hall–Kier alpha value is -3.71. The molecule has 1 fully saturated rings. The lowest BCUT2D eigenvalue weighted by molar-refractivity contribution is -0.116. The van der Waals surface area contributed by atoms with Crippen LogP contribution in [0.1, 0.15) is 61.0 Å². The molecular weight excluding hydrogens is 478 g/mol. The Balaban J connectivity index is 1.42. The fraction of sp³-hybridized carbons (Fsp3) is 0.300. The molecule has 1 aliphatic heterocycles. The number of benzene rings is 2. The molecule has 4 aromatic rings. The van der Waals surface area contributed by atoms with Crippen LogP contribution in [0, 0.1) is 13.8 Å². The molecule has 2 atom stereocenters. The average Bonchev–Trinajstić information content (AvgIpc) is 3.37. The van der Waals surface area contributed by atoms with Crippen LogP contribution in [0.2, 0.25) is 0 Å². The van der Waals surface area contributed by atoms with Gasteiger partial charge in [0.05, 0.1) is 17.8 Å². The fourth-order valence-corrected chi connectivity index (χ4v) is 5.98. The molecule has 0 saturated carbocycles. The quantitative estimate of drug-likeness (QED) is 0.288. The standard InChI is InChI=1S/C30H33N5OS/c1-19(2)35-20(3)18-24(21(35)4)29-28(26-13-7-8-16-31-26)33-30(37)34(29)17-15-27(36)32-25-14-9-11-22-10-5-6-12-23(22)25/h5-14,16,18-19,28-29H,15,17H2,1-4H3,(H,32,36)(H,33,37)/t28-,29+/m1/s1. The molecule has 37 heavy (non-hydrogen) atoms. The minimum atomic E-state index is -0.101. The topological polar surface area (TPSA) is 62.2 Å². The second kappa shape index (κ2) is 10.3. The number of hydrogen-bond acceptors (Lipinski definition) is 3. The van der Waals surface area contributed by atoms with E-state index in [-0.39, 0.29) is 18.0 Å². The fourth-order valence-electron chi connectivity index (χ4n) is 5.65. The molecule has 0 unspecified atom stereocenters. The van der Waals surface area contributed by atoms with Crippen molar-refractivity contribution in [1.82, 2.24) is 19.8 Å². The van der Waals surface area contributed by atoms with E-state index in [1.54, 1.807) is 0 Å². The first-order valence-electron chi connectivity index (χ1n) is 12.8. The highest BCUT2D eigenvalue weighted by atomic mass is 32.1. The van der Waals surface area contributed by atoms with Crippen LogP contribution in [0.3, 0.4) is 0 Å². The summed E-state index contributed by atoms with van der Waals surface area (Å²) in [5, 5.41) is 9.40. The summed E-state index contributed by atoms with van der Waals surface area (Å²) in [7, 11) is 0. The summed E-state index contributed by atoms with van der Waals surface area (Å²) >= 11 is 5.82. The van der Waals surface area contributed by atoms with Crippen LogP contribution < -0.4 is 10.6 Å². The Morgan fingerprint density at radius 2 is 1.84 bits per heavy atom. The van der Waals surface area contributed by atoms with Crippen LogP contribution in [0.15, 0.2) is 72.9 Å². The first kappa shape index (κ1) is 25.0. The number of nitrogens with zero attached hydrogens (tertiary/aromatic N) is 3. The number of pyridine rings is 1. The largest absolute Gasteiger partial charge is 0.352 e. The van der Waals surface area contributed by atoms with Crippen LogP contribution in [0.4, 0.5) is 5.69 Å². The number of aromatic nitrogens is 2. The molecule has 5 rings (SSSR count). The molecule has 2 N–H and O–H groups in total. The van der Waals surface area contributed by atoms with E-state index in [2.05, 4.69) is 71.0 Å². The van der Waals surface area contributed by atoms with Gasteiger partial charge in [0.15, 0.2) is 5.11 Å². The number of anilines is 1. The van der Waals surface area contributed by atoms with Crippen LogP contribution >= 0.6 is 12.2 Å². The van der Waals surface area contributed by atoms with E-state index in [1.807, 2.05) is 54.7 Å². The summed E-state index contributed by atoms with van der Waals surface area (Å²) in [6, 6.07) is 22.4. The third-order valence-corrected chi connectivity index (χ3v) is 7.55. The third-order valence-electron chi connectivity index (χ3n) is 7.20. The molecule has 0 spiro atoms. The zero-order valence-corrected chi connectivity index (χ0v) is 22.5.